The zero-order valence-electron chi connectivity index (χ0n) is 16.3. The minimum absolute atomic E-state index is 0.0573. The van der Waals surface area contributed by atoms with Crippen molar-refractivity contribution in [2.75, 3.05) is 37.7 Å². The van der Waals surface area contributed by atoms with Crippen LogP contribution in [0.4, 0.5) is 10.1 Å². The lowest BCUT2D eigenvalue weighted by Crippen LogP contribution is -2.49. The summed E-state index contributed by atoms with van der Waals surface area (Å²) in [5, 5.41) is 9.90. The van der Waals surface area contributed by atoms with Crippen LogP contribution in [0.2, 0.25) is 5.02 Å². The van der Waals surface area contributed by atoms with Gasteiger partial charge in [-0.15, -0.1) is 0 Å². The van der Waals surface area contributed by atoms with Gasteiger partial charge in [-0.2, -0.15) is 5.26 Å². The second kappa shape index (κ2) is 9.62. The molecule has 1 saturated heterocycles. The standard InChI is InChI=1S/C22H23ClFN3O2/c1-16-14-17(7-8-19(16)23)29-13-3-6-22(28)27-11-9-26(10-12-27)21-5-2-4-20(24)18(21)15-25/h2,4-5,7-8,14H,3,6,9-13H2,1H3. The molecule has 2 aromatic rings. The summed E-state index contributed by atoms with van der Waals surface area (Å²) < 4.78 is 19.5. The number of carbonyl (C=O) groups excluding carboxylic acids is 1. The number of nitrogens with zero attached hydrogens (tertiary/aromatic N) is 3. The Morgan fingerprint density at radius 2 is 2.00 bits per heavy atom. The molecule has 1 aliphatic heterocycles. The van der Waals surface area contributed by atoms with Crippen LogP contribution in [0.1, 0.15) is 24.0 Å². The maximum absolute atomic E-state index is 13.8. The maximum atomic E-state index is 13.8. The van der Waals surface area contributed by atoms with E-state index in [1.165, 1.54) is 6.07 Å². The number of rotatable bonds is 6. The van der Waals surface area contributed by atoms with Gasteiger partial charge in [0.25, 0.3) is 0 Å². The SMILES string of the molecule is Cc1cc(OCCCC(=O)N2CCN(c3cccc(F)c3C#N)CC2)ccc1Cl. The van der Waals surface area contributed by atoms with Crippen LogP contribution in [0.3, 0.4) is 0 Å². The first kappa shape index (κ1) is 20.9. The Balaban J connectivity index is 1.44. The van der Waals surface area contributed by atoms with Crippen LogP contribution in [0.25, 0.3) is 0 Å². The number of hydrogen-bond donors (Lipinski definition) is 0. The molecule has 0 aliphatic carbocycles. The minimum Gasteiger partial charge on any atom is -0.494 e. The lowest BCUT2D eigenvalue weighted by atomic mass is 10.1. The highest BCUT2D eigenvalue weighted by atomic mass is 35.5. The van der Waals surface area contributed by atoms with Gasteiger partial charge in [-0.05, 0) is 49.2 Å². The first-order chi connectivity index (χ1) is 14.0. The molecule has 2 aromatic carbocycles. The first-order valence-corrected chi connectivity index (χ1v) is 9.97. The highest BCUT2D eigenvalue weighted by Gasteiger charge is 2.23. The van der Waals surface area contributed by atoms with Crippen LogP contribution in [0, 0.1) is 24.1 Å². The fraction of sp³-hybridized carbons (Fsp3) is 0.364. The molecule has 0 bridgehead atoms. The number of nitriles is 1. The Labute approximate surface area is 175 Å². The predicted molar refractivity (Wildman–Crippen MR) is 111 cm³/mol. The van der Waals surface area contributed by atoms with Crippen molar-refractivity contribution in [3.63, 3.8) is 0 Å². The predicted octanol–water partition coefficient (Wildman–Crippen LogP) is 4.17. The van der Waals surface area contributed by atoms with E-state index in [4.69, 9.17) is 16.3 Å². The molecule has 1 aliphatic rings. The second-order valence-electron chi connectivity index (χ2n) is 6.98. The fourth-order valence-corrected chi connectivity index (χ4v) is 3.48. The van der Waals surface area contributed by atoms with Gasteiger partial charge in [-0.3, -0.25) is 4.79 Å². The van der Waals surface area contributed by atoms with Crippen LogP contribution in [-0.4, -0.2) is 43.6 Å². The van der Waals surface area contributed by atoms with E-state index in [0.29, 0.717) is 56.3 Å². The second-order valence-corrected chi connectivity index (χ2v) is 7.38. The summed E-state index contributed by atoms with van der Waals surface area (Å²) in [7, 11) is 0. The van der Waals surface area contributed by atoms with Crippen LogP contribution in [-0.2, 0) is 4.79 Å². The molecule has 0 radical (unpaired) electrons. The highest BCUT2D eigenvalue weighted by Crippen LogP contribution is 2.24. The third-order valence-corrected chi connectivity index (χ3v) is 5.43. The van der Waals surface area contributed by atoms with Gasteiger partial charge in [0, 0.05) is 37.6 Å². The van der Waals surface area contributed by atoms with Crippen LogP contribution in [0.15, 0.2) is 36.4 Å². The Morgan fingerprint density at radius 1 is 1.24 bits per heavy atom. The molecule has 1 fully saturated rings. The minimum atomic E-state index is -0.514. The zero-order valence-corrected chi connectivity index (χ0v) is 17.1. The van der Waals surface area contributed by atoms with Gasteiger partial charge in [0.2, 0.25) is 5.91 Å². The quantitative estimate of drug-likeness (QED) is 0.664. The van der Waals surface area contributed by atoms with Crippen LogP contribution < -0.4 is 9.64 Å². The monoisotopic (exact) mass is 415 g/mol. The fourth-order valence-electron chi connectivity index (χ4n) is 3.36. The topological polar surface area (TPSA) is 56.6 Å². The lowest BCUT2D eigenvalue weighted by molar-refractivity contribution is -0.131. The number of ether oxygens (including phenoxy) is 1. The molecule has 1 heterocycles. The molecule has 0 unspecified atom stereocenters. The van der Waals surface area contributed by atoms with Crippen molar-refractivity contribution >= 4 is 23.2 Å². The van der Waals surface area contributed by atoms with Gasteiger partial charge in [-0.25, -0.2) is 4.39 Å². The van der Waals surface area contributed by atoms with Gasteiger partial charge in [0.05, 0.1) is 12.3 Å². The van der Waals surface area contributed by atoms with Crippen molar-refractivity contribution in [3.05, 3.63) is 58.4 Å². The Bertz CT molecular complexity index is 921. The molecule has 152 valence electrons. The van der Waals surface area contributed by atoms with Gasteiger partial charge >= 0.3 is 0 Å². The van der Waals surface area contributed by atoms with Crippen molar-refractivity contribution in [1.29, 1.82) is 5.26 Å². The maximum Gasteiger partial charge on any atom is 0.222 e. The summed E-state index contributed by atoms with van der Waals surface area (Å²) in [5.41, 5.74) is 1.60. The largest absolute Gasteiger partial charge is 0.494 e. The average Bonchev–Trinajstić information content (AvgIpc) is 2.73. The lowest BCUT2D eigenvalue weighted by Gasteiger charge is -2.36. The Morgan fingerprint density at radius 3 is 2.69 bits per heavy atom. The van der Waals surface area contributed by atoms with E-state index in [1.54, 1.807) is 18.2 Å². The molecule has 29 heavy (non-hydrogen) atoms. The number of anilines is 1. The summed E-state index contributed by atoms with van der Waals surface area (Å²) in [4.78, 5) is 16.2. The number of carbonyl (C=O) groups is 1. The van der Waals surface area contributed by atoms with E-state index in [0.717, 1.165) is 11.3 Å². The first-order valence-electron chi connectivity index (χ1n) is 9.60. The molecule has 0 saturated carbocycles. The van der Waals surface area contributed by atoms with Crippen molar-refractivity contribution in [1.82, 2.24) is 4.90 Å². The smallest absolute Gasteiger partial charge is 0.222 e. The average molecular weight is 416 g/mol. The molecule has 0 aromatic heterocycles. The molecule has 0 N–H and O–H groups in total. The van der Waals surface area contributed by atoms with Crippen molar-refractivity contribution < 1.29 is 13.9 Å². The van der Waals surface area contributed by atoms with E-state index in [1.807, 2.05) is 34.9 Å². The summed E-state index contributed by atoms with van der Waals surface area (Å²) in [6.45, 7) is 4.63. The third-order valence-electron chi connectivity index (χ3n) is 5.01. The molecule has 1 amide bonds. The highest BCUT2D eigenvalue weighted by molar-refractivity contribution is 6.31. The zero-order chi connectivity index (χ0) is 20.8. The number of amides is 1. The van der Waals surface area contributed by atoms with Gasteiger partial charge in [0.15, 0.2) is 0 Å². The Hall–Kier alpha value is -2.78. The van der Waals surface area contributed by atoms with Gasteiger partial charge in [0.1, 0.15) is 23.2 Å². The molecule has 3 rings (SSSR count). The molecular formula is C22H23ClFN3O2. The summed E-state index contributed by atoms with van der Waals surface area (Å²) in [5.74, 6) is 0.316. The van der Waals surface area contributed by atoms with E-state index < -0.39 is 5.82 Å². The number of halogens is 2. The number of piperazine rings is 1. The van der Waals surface area contributed by atoms with E-state index in [2.05, 4.69) is 0 Å². The summed E-state index contributed by atoms with van der Waals surface area (Å²) >= 11 is 6.00. The van der Waals surface area contributed by atoms with Crippen molar-refractivity contribution in [2.45, 2.75) is 19.8 Å². The number of benzene rings is 2. The van der Waals surface area contributed by atoms with Gasteiger partial charge < -0.3 is 14.5 Å². The van der Waals surface area contributed by atoms with Crippen molar-refractivity contribution in [3.8, 4) is 11.8 Å². The molecule has 0 atom stereocenters. The molecule has 0 spiro atoms. The summed E-state index contributed by atoms with van der Waals surface area (Å²) in [6, 6.07) is 12.1. The Kier molecular flexibility index (Phi) is 6.95. The molecule has 7 heteroatoms. The van der Waals surface area contributed by atoms with E-state index >= 15 is 0 Å². The molecular weight excluding hydrogens is 393 g/mol. The van der Waals surface area contributed by atoms with Crippen LogP contribution in [0.5, 0.6) is 5.75 Å². The third kappa shape index (κ3) is 5.18. The van der Waals surface area contributed by atoms with E-state index in [-0.39, 0.29) is 11.5 Å². The van der Waals surface area contributed by atoms with E-state index in [9.17, 15) is 14.4 Å². The number of hydrogen-bond acceptors (Lipinski definition) is 4. The normalized spacial score (nSPS) is 13.9. The van der Waals surface area contributed by atoms with Crippen molar-refractivity contribution in [2.24, 2.45) is 0 Å². The summed E-state index contributed by atoms with van der Waals surface area (Å²) in [6.07, 6.45) is 1.04. The number of aryl methyl sites for hydroxylation is 1. The molecule has 5 nitrogen and oxygen atoms in total. The van der Waals surface area contributed by atoms with Crippen LogP contribution >= 0.6 is 11.6 Å². The van der Waals surface area contributed by atoms with Gasteiger partial charge in [-0.1, -0.05) is 17.7 Å².